The summed E-state index contributed by atoms with van der Waals surface area (Å²) in [5.74, 6) is -1.31. The molecule has 0 radical (unpaired) electrons. The van der Waals surface area contributed by atoms with E-state index in [1.54, 1.807) is 0 Å². The summed E-state index contributed by atoms with van der Waals surface area (Å²) in [7, 11) is -9.90. The fourth-order valence-corrected chi connectivity index (χ4v) is 13.1. The highest BCUT2D eigenvalue weighted by Gasteiger charge is 2.30. The number of unbranched alkanes of at least 4 members (excludes halogenated alkanes) is 46. The Bertz CT molecular complexity index is 1810. The van der Waals surface area contributed by atoms with Gasteiger partial charge in [-0.3, -0.25) is 37.3 Å². The maximum Gasteiger partial charge on any atom is 0.472 e. The number of ether oxygens (including phenoxy) is 4. The summed E-state index contributed by atoms with van der Waals surface area (Å²) >= 11 is 0. The van der Waals surface area contributed by atoms with E-state index in [4.69, 9.17) is 37.0 Å². The van der Waals surface area contributed by atoms with Gasteiger partial charge in [-0.2, -0.15) is 0 Å². The summed E-state index contributed by atoms with van der Waals surface area (Å²) in [6.45, 7) is 7.28. The monoisotopic (exact) mass is 1380 g/mol. The summed E-state index contributed by atoms with van der Waals surface area (Å²) in [5.41, 5.74) is 0. The molecule has 0 aromatic rings. The number of phosphoric ester groups is 2. The number of phosphoric acid groups is 2. The number of hydrogen-bond donors (Lipinski definition) is 3. The maximum absolute atomic E-state index is 13.1. The van der Waals surface area contributed by atoms with E-state index in [-0.39, 0.29) is 25.7 Å². The van der Waals surface area contributed by atoms with Gasteiger partial charge in [0.05, 0.1) is 26.4 Å². The normalized spacial score (nSPS) is 14.3. The van der Waals surface area contributed by atoms with Crippen LogP contribution in [0.15, 0.2) is 0 Å². The fraction of sp³-hybridized carbons (Fsp3) is 0.947. The third-order valence-electron chi connectivity index (χ3n) is 17.9. The molecular weight excluding hydrogens is 1230 g/mol. The van der Waals surface area contributed by atoms with Gasteiger partial charge in [-0.05, 0) is 31.6 Å². The first-order valence-electron chi connectivity index (χ1n) is 39.2. The highest BCUT2D eigenvalue weighted by atomic mass is 31.2. The smallest absolute Gasteiger partial charge is 0.462 e. The van der Waals surface area contributed by atoms with Crippen molar-refractivity contribution in [3.63, 3.8) is 0 Å². The molecule has 0 aromatic carbocycles. The molecule has 0 spiro atoms. The van der Waals surface area contributed by atoms with Crippen LogP contribution in [-0.2, 0) is 65.4 Å². The number of aliphatic hydroxyl groups is 1. The highest BCUT2D eigenvalue weighted by molar-refractivity contribution is 7.47. The van der Waals surface area contributed by atoms with Crippen LogP contribution in [-0.4, -0.2) is 96.7 Å². The minimum Gasteiger partial charge on any atom is -0.462 e. The molecule has 0 bridgehead atoms. The number of carbonyl (C=O) groups excluding carboxylic acids is 4. The second kappa shape index (κ2) is 68.2. The zero-order valence-corrected chi connectivity index (χ0v) is 62.9. The van der Waals surface area contributed by atoms with Gasteiger partial charge in [0, 0.05) is 25.7 Å². The van der Waals surface area contributed by atoms with Crippen LogP contribution in [0.5, 0.6) is 0 Å². The van der Waals surface area contributed by atoms with E-state index < -0.39 is 97.5 Å². The van der Waals surface area contributed by atoms with Crippen molar-refractivity contribution in [1.29, 1.82) is 0 Å². The molecular formula is C75H146O17P2. The van der Waals surface area contributed by atoms with E-state index in [0.717, 1.165) is 102 Å². The number of esters is 4. The Morgan fingerprint density at radius 3 is 0.755 bits per heavy atom. The van der Waals surface area contributed by atoms with E-state index in [1.807, 2.05) is 0 Å². The van der Waals surface area contributed by atoms with Gasteiger partial charge >= 0.3 is 39.5 Å². The topological polar surface area (TPSA) is 237 Å². The molecule has 19 heteroatoms. The Balaban J connectivity index is 5.17. The number of rotatable bonds is 75. The van der Waals surface area contributed by atoms with Crippen molar-refractivity contribution in [3.05, 3.63) is 0 Å². The average molecular weight is 1380 g/mol. The van der Waals surface area contributed by atoms with E-state index in [1.165, 1.54) is 212 Å². The van der Waals surface area contributed by atoms with Gasteiger partial charge in [0.2, 0.25) is 0 Å². The van der Waals surface area contributed by atoms with Crippen LogP contribution in [0.3, 0.4) is 0 Å². The Labute approximate surface area is 575 Å². The molecule has 558 valence electrons. The molecule has 0 aliphatic rings. The lowest BCUT2D eigenvalue weighted by Crippen LogP contribution is -2.30. The Kier molecular flexibility index (Phi) is 66.8. The van der Waals surface area contributed by atoms with E-state index >= 15 is 0 Å². The predicted octanol–water partition coefficient (Wildman–Crippen LogP) is 22.1. The van der Waals surface area contributed by atoms with Crippen LogP contribution in [0.1, 0.15) is 394 Å². The minimum absolute atomic E-state index is 0.107. The van der Waals surface area contributed by atoms with E-state index in [9.17, 15) is 43.2 Å². The Morgan fingerprint density at radius 1 is 0.298 bits per heavy atom. The molecule has 0 saturated heterocycles. The summed E-state index contributed by atoms with van der Waals surface area (Å²) in [6.07, 6.45) is 56.9. The first kappa shape index (κ1) is 92.1. The zero-order valence-electron chi connectivity index (χ0n) is 61.1. The largest absolute Gasteiger partial charge is 0.472 e. The first-order valence-corrected chi connectivity index (χ1v) is 42.2. The number of carbonyl (C=O) groups is 4. The molecule has 0 heterocycles. The molecule has 0 aliphatic heterocycles. The first-order chi connectivity index (χ1) is 45.6. The molecule has 6 atom stereocenters. The Morgan fingerprint density at radius 2 is 0.511 bits per heavy atom. The van der Waals surface area contributed by atoms with Crippen molar-refractivity contribution < 1.29 is 80.2 Å². The zero-order chi connectivity index (χ0) is 69.1. The van der Waals surface area contributed by atoms with Crippen molar-refractivity contribution in [2.45, 2.75) is 412 Å². The quantitative estimate of drug-likeness (QED) is 0.0222. The molecule has 0 saturated carbocycles. The molecule has 3 N–H and O–H groups in total. The van der Waals surface area contributed by atoms with Crippen LogP contribution in [0.4, 0.5) is 0 Å². The van der Waals surface area contributed by atoms with Gasteiger partial charge in [-0.1, -0.05) is 343 Å². The van der Waals surface area contributed by atoms with Crippen LogP contribution < -0.4 is 0 Å². The molecule has 94 heavy (non-hydrogen) atoms. The predicted molar refractivity (Wildman–Crippen MR) is 382 cm³/mol. The fourth-order valence-electron chi connectivity index (χ4n) is 11.5. The SMILES string of the molecule is CCCCCCCCCCCCCCCCCCCCCCCC(=O)O[C@H](COC(=O)CCCCCCCCCCCCC(C)CC)COP(=O)(O)OC[C@@H](O)COP(=O)(O)OC[C@@H](COC(=O)CCCCCCCCCC)OC(=O)CCCCCCCCCCCCC. The third-order valence-corrected chi connectivity index (χ3v) is 19.8. The highest BCUT2D eigenvalue weighted by Crippen LogP contribution is 2.45. The summed E-state index contributed by atoms with van der Waals surface area (Å²) in [4.78, 5) is 72.6. The molecule has 0 aromatic heterocycles. The van der Waals surface area contributed by atoms with Crippen molar-refractivity contribution >= 4 is 39.5 Å². The molecule has 0 fully saturated rings. The average Bonchev–Trinajstić information content (AvgIpc) is 1.16. The molecule has 3 unspecified atom stereocenters. The second-order valence-corrected chi connectivity index (χ2v) is 30.2. The lowest BCUT2D eigenvalue weighted by Gasteiger charge is -2.21. The molecule has 0 amide bonds. The van der Waals surface area contributed by atoms with Crippen LogP contribution in [0.25, 0.3) is 0 Å². The van der Waals surface area contributed by atoms with E-state index in [2.05, 4.69) is 34.6 Å². The van der Waals surface area contributed by atoms with Crippen molar-refractivity contribution in [2.75, 3.05) is 39.6 Å². The van der Waals surface area contributed by atoms with Gasteiger partial charge in [-0.15, -0.1) is 0 Å². The van der Waals surface area contributed by atoms with Crippen molar-refractivity contribution in [2.24, 2.45) is 5.92 Å². The molecule has 0 rings (SSSR count). The third kappa shape index (κ3) is 67.3. The Hall–Kier alpha value is -1.94. The number of aliphatic hydroxyl groups excluding tert-OH is 1. The van der Waals surface area contributed by atoms with Crippen molar-refractivity contribution in [3.8, 4) is 0 Å². The van der Waals surface area contributed by atoms with Crippen LogP contribution in [0.2, 0.25) is 0 Å². The van der Waals surface area contributed by atoms with Crippen LogP contribution >= 0.6 is 15.6 Å². The summed E-state index contributed by atoms with van der Waals surface area (Å²) < 4.78 is 68.4. The molecule has 17 nitrogen and oxygen atoms in total. The van der Waals surface area contributed by atoms with Crippen LogP contribution in [0, 0.1) is 5.92 Å². The number of hydrogen-bond acceptors (Lipinski definition) is 15. The summed E-state index contributed by atoms with van der Waals surface area (Å²) in [6, 6.07) is 0. The standard InChI is InChI=1S/C75H146O17P2/c1-6-10-13-16-19-22-24-25-26-27-28-29-30-31-32-33-35-41-46-51-56-61-75(80)92-71(65-86-73(78)59-54-49-44-39-37-36-38-42-47-52-57-68(5)9-4)67-90-94(83,84)88-63-69(76)62-87-93(81,82)89-66-70(64-85-72(77)58-53-48-43-21-18-15-12-8-3)91-74(79)60-55-50-45-40-34-23-20-17-14-11-7-2/h68-71,76H,6-67H2,1-5H3,(H,81,82)(H,83,84)/t68?,69-,70+,71+/m0/s1. The van der Waals surface area contributed by atoms with Gasteiger partial charge in [-0.25, -0.2) is 9.13 Å². The lowest BCUT2D eigenvalue weighted by atomic mass is 9.99. The van der Waals surface area contributed by atoms with Gasteiger partial charge in [0.1, 0.15) is 19.3 Å². The van der Waals surface area contributed by atoms with Gasteiger partial charge in [0.15, 0.2) is 12.2 Å². The van der Waals surface area contributed by atoms with E-state index in [0.29, 0.717) is 25.7 Å². The van der Waals surface area contributed by atoms with Gasteiger partial charge in [0.25, 0.3) is 0 Å². The van der Waals surface area contributed by atoms with Crippen molar-refractivity contribution in [1.82, 2.24) is 0 Å². The maximum atomic E-state index is 13.1. The molecule has 0 aliphatic carbocycles. The lowest BCUT2D eigenvalue weighted by molar-refractivity contribution is -0.161. The van der Waals surface area contributed by atoms with Gasteiger partial charge < -0.3 is 33.8 Å². The minimum atomic E-state index is -4.96. The second-order valence-electron chi connectivity index (χ2n) is 27.3. The summed E-state index contributed by atoms with van der Waals surface area (Å²) in [5, 5.41) is 10.6.